The van der Waals surface area contributed by atoms with Gasteiger partial charge in [-0.2, -0.15) is 0 Å². The van der Waals surface area contributed by atoms with Crippen LogP contribution in [-0.2, 0) is 9.59 Å². The van der Waals surface area contributed by atoms with Crippen molar-refractivity contribution in [3.8, 4) is 5.75 Å². The number of carbonyl (C=O) groups excluding carboxylic acids is 3. The maximum Gasteiger partial charge on any atom is 0.254 e. The first kappa shape index (κ1) is 21.4. The summed E-state index contributed by atoms with van der Waals surface area (Å²) in [5.41, 5.74) is 2.24. The Kier molecular flexibility index (Phi) is 7.06. The molecule has 0 spiro atoms. The second kappa shape index (κ2) is 9.91. The van der Waals surface area contributed by atoms with E-state index in [0.29, 0.717) is 29.5 Å². The van der Waals surface area contributed by atoms with E-state index in [1.54, 1.807) is 48.4 Å². The van der Waals surface area contributed by atoms with Gasteiger partial charge in [-0.05, 0) is 62.1 Å². The smallest absolute Gasteiger partial charge is 0.254 e. The number of anilines is 1. The number of nitrogens with one attached hydrogen (secondary N) is 2. The third-order valence-corrected chi connectivity index (χ3v) is 4.92. The van der Waals surface area contributed by atoms with Gasteiger partial charge in [0.25, 0.3) is 5.91 Å². The van der Waals surface area contributed by atoms with Crippen molar-refractivity contribution in [1.29, 1.82) is 0 Å². The summed E-state index contributed by atoms with van der Waals surface area (Å²) in [5, 5.41) is 5.30. The lowest BCUT2D eigenvalue weighted by molar-refractivity contribution is -0.124. The zero-order valence-electron chi connectivity index (χ0n) is 17.3. The predicted octanol–water partition coefficient (Wildman–Crippen LogP) is 2.61. The lowest BCUT2D eigenvalue weighted by Crippen LogP contribution is -2.43. The number of hydrogen-bond acceptors (Lipinski definition) is 4. The van der Waals surface area contributed by atoms with Crippen molar-refractivity contribution < 1.29 is 19.1 Å². The molecule has 0 aromatic heterocycles. The van der Waals surface area contributed by atoms with Crippen LogP contribution < -0.4 is 15.4 Å². The monoisotopic (exact) mass is 409 g/mol. The highest BCUT2D eigenvalue weighted by Gasteiger charge is 2.28. The molecule has 0 bridgehead atoms. The fraction of sp³-hybridized carbons (Fsp3) is 0.348. The minimum absolute atomic E-state index is 0.0704. The summed E-state index contributed by atoms with van der Waals surface area (Å²) in [6, 6.07) is 14.2. The number of ether oxygens (including phenoxy) is 1. The summed E-state index contributed by atoms with van der Waals surface area (Å²) < 4.78 is 5.08. The van der Waals surface area contributed by atoms with Crippen molar-refractivity contribution in [3.05, 3.63) is 59.7 Å². The van der Waals surface area contributed by atoms with E-state index >= 15 is 0 Å². The Morgan fingerprint density at radius 3 is 2.27 bits per heavy atom. The van der Waals surface area contributed by atoms with Gasteiger partial charge in [-0.1, -0.05) is 17.7 Å². The first-order valence-corrected chi connectivity index (χ1v) is 10.0. The van der Waals surface area contributed by atoms with Crippen LogP contribution in [0.1, 0.15) is 28.8 Å². The van der Waals surface area contributed by atoms with Crippen LogP contribution in [0.3, 0.4) is 0 Å². The SMILES string of the molecule is COc1ccc(NC(=O)CNC(=O)CN(CC2CC2)C(=O)c2ccc(C)cc2)cc1. The van der Waals surface area contributed by atoms with E-state index < -0.39 is 0 Å². The average Bonchev–Trinajstić information content (AvgIpc) is 3.56. The molecule has 1 aliphatic carbocycles. The first-order valence-electron chi connectivity index (χ1n) is 10.0. The number of amides is 3. The third kappa shape index (κ3) is 6.34. The molecule has 7 nitrogen and oxygen atoms in total. The standard InChI is InChI=1S/C23H27N3O4/c1-16-3-7-18(8-4-16)23(29)26(14-17-5-6-17)15-22(28)24-13-21(27)25-19-9-11-20(30-2)12-10-19/h3-4,7-12,17H,5-6,13-15H2,1-2H3,(H,24,28)(H,25,27). The predicted molar refractivity (Wildman–Crippen MR) is 114 cm³/mol. The normalized spacial score (nSPS) is 12.7. The molecule has 1 saturated carbocycles. The van der Waals surface area contributed by atoms with Gasteiger partial charge in [0.1, 0.15) is 5.75 Å². The van der Waals surface area contributed by atoms with E-state index in [0.717, 1.165) is 18.4 Å². The second-order valence-electron chi connectivity index (χ2n) is 7.55. The average molecular weight is 409 g/mol. The van der Waals surface area contributed by atoms with Crippen molar-refractivity contribution in [2.75, 3.05) is 32.1 Å². The Bertz CT molecular complexity index is 890. The van der Waals surface area contributed by atoms with Gasteiger partial charge in [0.15, 0.2) is 0 Å². The highest BCUT2D eigenvalue weighted by Crippen LogP contribution is 2.30. The topological polar surface area (TPSA) is 87.7 Å². The molecule has 158 valence electrons. The summed E-state index contributed by atoms with van der Waals surface area (Å²) in [7, 11) is 1.57. The molecule has 30 heavy (non-hydrogen) atoms. The maximum absolute atomic E-state index is 12.8. The van der Waals surface area contributed by atoms with Crippen molar-refractivity contribution in [1.82, 2.24) is 10.2 Å². The Labute approximate surface area is 176 Å². The Morgan fingerprint density at radius 2 is 1.67 bits per heavy atom. The fourth-order valence-electron chi connectivity index (χ4n) is 3.00. The fourth-order valence-corrected chi connectivity index (χ4v) is 3.00. The molecule has 3 amide bonds. The van der Waals surface area contributed by atoms with E-state index in [1.807, 2.05) is 19.1 Å². The second-order valence-corrected chi connectivity index (χ2v) is 7.55. The van der Waals surface area contributed by atoms with Crippen molar-refractivity contribution >= 4 is 23.4 Å². The van der Waals surface area contributed by atoms with Gasteiger partial charge in [0, 0.05) is 17.8 Å². The molecule has 0 heterocycles. The molecule has 2 aromatic rings. The number of benzene rings is 2. The molecule has 1 aliphatic rings. The molecular formula is C23H27N3O4. The summed E-state index contributed by atoms with van der Waals surface area (Å²) in [5.74, 6) is 0.272. The molecule has 0 saturated heterocycles. The zero-order valence-corrected chi connectivity index (χ0v) is 17.3. The van der Waals surface area contributed by atoms with Crippen LogP contribution >= 0.6 is 0 Å². The van der Waals surface area contributed by atoms with Crippen LogP contribution in [0.5, 0.6) is 5.75 Å². The van der Waals surface area contributed by atoms with Crippen LogP contribution in [-0.4, -0.2) is 49.4 Å². The van der Waals surface area contributed by atoms with Gasteiger partial charge < -0.3 is 20.3 Å². The van der Waals surface area contributed by atoms with Crippen LogP contribution in [0.2, 0.25) is 0 Å². The lowest BCUT2D eigenvalue weighted by atomic mass is 10.1. The van der Waals surface area contributed by atoms with Gasteiger partial charge in [-0.3, -0.25) is 14.4 Å². The van der Waals surface area contributed by atoms with Crippen LogP contribution in [0.4, 0.5) is 5.69 Å². The molecular weight excluding hydrogens is 382 g/mol. The minimum atomic E-state index is -0.360. The maximum atomic E-state index is 12.8. The Morgan fingerprint density at radius 1 is 1.00 bits per heavy atom. The van der Waals surface area contributed by atoms with E-state index in [2.05, 4.69) is 10.6 Å². The van der Waals surface area contributed by atoms with E-state index in [-0.39, 0.29) is 30.8 Å². The summed E-state index contributed by atoms with van der Waals surface area (Å²) in [6.07, 6.45) is 2.15. The molecule has 0 atom stereocenters. The Balaban J connectivity index is 1.51. The molecule has 0 radical (unpaired) electrons. The van der Waals surface area contributed by atoms with Crippen molar-refractivity contribution in [2.24, 2.45) is 5.92 Å². The lowest BCUT2D eigenvalue weighted by Gasteiger charge is -2.22. The minimum Gasteiger partial charge on any atom is -0.497 e. The third-order valence-electron chi connectivity index (χ3n) is 4.92. The molecule has 0 unspecified atom stereocenters. The summed E-state index contributed by atoms with van der Waals surface area (Å²) in [4.78, 5) is 38.9. The highest BCUT2D eigenvalue weighted by molar-refractivity contribution is 5.98. The number of rotatable bonds is 9. The summed E-state index contributed by atoms with van der Waals surface area (Å²) in [6.45, 7) is 2.28. The van der Waals surface area contributed by atoms with E-state index in [9.17, 15) is 14.4 Å². The van der Waals surface area contributed by atoms with Crippen LogP contribution in [0, 0.1) is 12.8 Å². The molecule has 1 fully saturated rings. The molecule has 2 aromatic carbocycles. The van der Waals surface area contributed by atoms with Crippen LogP contribution in [0.15, 0.2) is 48.5 Å². The van der Waals surface area contributed by atoms with Gasteiger partial charge >= 0.3 is 0 Å². The number of aryl methyl sites for hydroxylation is 1. The van der Waals surface area contributed by atoms with Crippen molar-refractivity contribution in [3.63, 3.8) is 0 Å². The van der Waals surface area contributed by atoms with Crippen LogP contribution in [0.25, 0.3) is 0 Å². The number of hydrogen-bond donors (Lipinski definition) is 2. The van der Waals surface area contributed by atoms with Gasteiger partial charge in [0.05, 0.1) is 20.2 Å². The summed E-state index contributed by atoms with van der Waals surface area (Å²) >= 11 is 0. The molecule has 0 aliphatic heterocycles. The van der Waals surface area contributed by atoms with Gasteiger partial charge in [-0.25, -0.2) is 0 Å². The number of methoxy groups -OCH3 is 1. The number of nitrogens with zero attached hydrogens (tertiary/aromatic N) is 1. The number of carbonyl (C=O) groups is 3. The van der Waals surface area contributed by atoms with Crippen molar-refractivity contribution in [2.45, 2.75) is 19.8 Å². The zero-order chi connectivity index (χ0) is 21.5. The van der Waals surface area contributed by atoms with E-state index in [4.69, 9.17) is 4.74 Å². The highest BCUT2D eigenvalue weighted by atomic mass is 16.5. The van der Waals surface area contributed by atoms with E-state index in [1.165, 1.54) is 0 Å². The van der Waals surface area contributed by atoms with Gasteiger partial charge in [-0.15, -0.1) is 0 Å². The Hall–Kier alpha value is -3.35. The quantitative estimate of drug-likeness (QED) is 0.666. The molecule has 2 N–H and O–H groups in total. The van der Waals surface area contributed by atoms with Gasteiger partial charge in [0.2, 0.25) is 11.8 Å². The molecule has 3 rings (SSSR count). The largest absolute Gasteiger partial charge is 0.497 e. The first-order chi connectivity index (χ1) is 14.4. The molecule has 7 heteroatoms.